The number of ether oxygens (including phenoxy) is 2. The second-order valence-electron chi connectivity index (χ2n) is 4.10. The van der Waals surface area contributed by atoms with Crippen LogP contribution < -0.4 is 0 Å². The van der Waals surface area contributed by atoms with Gasteiger partial charge in [0.05, 0.1) is 18.3 Å². The van der Waals surface area contributed by atoms with Gasteiger partial charge in [-0.05, 0) is 33.6 Å². The maximum absolute atomic E-state index is 10.1. The van der Waals surface area contributed by atoms with Crippen molar-refractivity contribution in [3.8, 4) is 0 Å². The maximum Gasteiger partial charge on any atom is 0.106 e. The summed E-state index contributed by atoms with van der Waals surface area (Å²) in [6.07, 6.45) is 1.21. The summed E-state index contributed by atoms with van der Waals surface area (Å²) in [7, 11) is 0. The molecule has 0 fully saturated rings. The average Bonchev–Trinajstić information content (AvgIpc) is 2.22. The molecule has 1 N–H and O–H groups in total. The summed E-state index contributed by atoms with van der Waals surface area (Å²) in [6, 6.07) is 0. The monoisotopic (exact) mass is 218 g/mol. The highest BCUT2D eigenvalue weighted by molar-refractivity contribution is 4.86. The largest absolute Gasteiger partial charge is 0.388 e. The summed E-state index contributed by atoms with van der Waals surface area (Å²) in [4.78, 5) is 0. The molecule has 0 aromatic carbocycles. The molecular formula is C12H26O3. The molecule has 0 saturated heterocycles. The number of rotatable bonds is 8. The smallest absolute Gasteiger partial charge is 0.106 e. The fourth-order valence-electron chi connectivity index (χ4n) is 1.74. The van der Waals surface area contributed by atoms with E-state index in [1.165, 1.54) is 0 Å². The number of aliphatic hydroxyl groups is 1. The van der Waals surface area contributed by atoms with Crippen molar-refractivity contribution in [3.63, 3.8) is 0 Å². The van der Waals surface area contributed by atoms with Gasteiger partial charge in [0.25, 0.3) is 0 Å². The van der Waals surface area contributed by atoms with E-state index < -0.39 is 11.7 Å². The molecule has 0 aliphatic rings. The molecule has 3 heteroatoms. The summed E-state index contributed by atoms with van der Waals surface area (Å²) in [5.74, 6) is 0. The summed E-state index contributed by atoms with van der Waals surface area (Å²) in [5, 5.41) is 10.1. The minimum absolute atomic E-state index is 0.146. The van der Waals surface area contributed by atoms with Gasteiger partial charge in [0, 0.05) is 6.61 Å². The van der Waals surface area contributed by atoms with Crippen LogP contribution in [0.4, 0.5) is 0 Å². The summed E-state index contributed by atoms with van der Waals surface area (Å²) >= 11 is 0. The summed E-state index contributed by atoms with van der Waals surface area (Å²) in [6.45, 7) is 10.9. The molecule has 0 amide bonds. The van der Waals surface area contributed by atoms with Crippen LogP contribution in [0.2, 0.25) is 0 Å². The molecule has 0 heterocycles. The maximum atomic E-state index is 10.1. The van der Waals surface area contributed by atoms with E-state index in [1.54, 1.807) is 0 Å². The molecule has 0 aliphatic heterocycles. The minimum atomic E-state index is -0.546. The van der Waals surface area contributed by atoms with E-state index in [0.717, 1.165) is 12.8 Å². The topological polar surface area (TPSA) is 38.7 Å². The fraction of sp³-hybridized carbons (Fsp3) is 1.00. The Balaban J connectivity index is 4.32. The zero-order valence-corrected chi connectivity index (χ0v) is 10.7. The van der Waals surface area contributed by atoms with E-state index in [2.05, 4.69) is 0 Å². The number of hydrogen-bond acceptors (Lipinski definition) is 3. The first-order valence-electron chi connectivity index (χ1n) is 5.96. The van der Waals surface area contributed by atoms with Crippen molar-refractivity contribution >= 4 is 0 Å². The Bertz CT molecular complexity index is 153. The Morgan fingerprint density at radius 2 is 1.67 bits per heavy atom. The van der Waals surface area contributed by atoms with E-state index in [1.807, 2.05) is 34.6 Å². The molecule has 0 aromatic rings. The van der Waals surface area contributed by atoms with Crippen LogP contribution in [0.3, 0.4) is 0 Å². The highest BCUT2D eigenvalue weighted by Gasteiger charge is 2.35. The summed E-state index contributed by atoms with van der Waals surface area (Å²) < 4.78 is 11.1. The molecule has 15 heavy (non-hydrogen) atoms. The fourth-order valence-corrected chi connectivity index (χ4v) is 1.74. The van der Waals surface area contributed by atoms with Crippen molar-refractivity contribution in [2.75, 3.05) is 13.2 Å². The van der Waals surface area contributed by atoms with Gasteiger partial charge in [0.15, 0.2) is 0 Å². The average molecular weight is 218 g/mol. The van der Waals surface area contributed by atoms with E-state index in [4.69, 9.17) is 9.47 Å². The van der Waals surface area contributed by atoms with Gasteiger partial charge in [-0.1, -0.05) is 13.8 Å². The third kappa shape index (κ3) is 4.49. The second kappa shape index (κ2) is 7.20. The standard InChI is InChI=1S/C12H26O3/c1-6-12(7-2,15-8-3)11(13)9-14-10(4)5/h10-11,13H,6-9H2,1-5H3. The van der Waals surface area contributed by atoms with E-state index >= 15 is 0 Å². The SMILES string of the molecule is CCOC(CC)(CC)C(O)COC(C)C. The lowest BCUT2D eigenvalue weighted by molar-refractivity contribution is -0.150. The van der Waals surface area contributed by atoms with Crippen LogP contribution in [-0.2, 0) is 9.47 Å². The van der Waals surface area contributed by atoms with Crippen LogP contribution >= 0.6 is 0 Å². The first-order chi connectivity index (χ1) is 7.02. The third-order valence-electron chi connectivity index (χ3n) is 2.82. The van der Waals surface area contributed by atoms with Gasteiger partial charge < -0.3 is 14.6 Å². The van der Waals surface area contributed by atoms with Crippen LogP contribution in [0.1, 0.15) is 47.5 Å². The van der Waals surface area contributed by atoms with Crippen molar-refractivity contribution in [2.24, 2.45) is 0 Å². The Kier molecular flexibility index (Phi) is 7.14. The molecule has 1 unspecified atom stereocenters. The third-order valence-corrected chi connectivity index (χ3v) is 2.82. The van der Waals surface area contributed by atoms with Crippen molar-refractivity contribution in [1.82, 2.24) is 0 Å². The van der Waals surface area contributed by atoms with Gasteiger partial charge in [-0.25, -0.2) is 0 Å². The molecule has 92 valence electrons. The normalized spacial score (nSPS) is 14.6. The highest BCUT2D eigenvalue weighted by atomic mass is 16.5. The molecule has 0 aromatic heterocycles. The lowest BCUT2D eigenvalue weighted by Gasteiger charge is -2.36. The number of aliphatic hydroxyl groups excluding tert-OH is 1. The quantitative estimate of drug-likeness (QED) is 0.679. The molecule has 0 aliphatic carbocycles. The highest BCUT2D eigenvalue weighted by Crippen LogP contribution is 2.25. The predicted octanol–water partition coefficient (Wildman–Crippen LogP) is 2.37. The van der Waals surface area contributed by atoms with Gasteiger partial charge in [-0.15, -0.1) is 0 Å². The van der Waals surface area contributed by atoms with Crippen LogP contribution in [0, 0.1) is 0 Å². The zero-order valence-electron chi connectivity index (χ0n) is 10.7. The van der Waals surface area contributed by atoms with E-state index in [9.17, 15) is 5.11 Å². The van der Waals surface area contributed by atoms with Crippen molar-refractivity contribution in [3.05, 3.63) is 0 Å². The van der Waals surface area contributed by atoms with Crippen molar-refractivity contribution in [2.45, 2.75) is 65.3 Å². The molecule has 1 atom stereocenters. The van der Waals surface area contributed by atoms with Gasteiger partial charge in [0.1, 0.15) is 6.10 Å². The van der Waals surface area contributed by atoms with Gasteiger partial charge in [0.2, 0.25) is 0 Å². The molecule has 0 bridgehead atoms. The van der Waals surface area contributed by atoms with Gasteiger partial charge in [-0.2, -0.15) is 0 Å². The first kappa shape index (κ1) is 14.9. The van der Waals surface area contributed by atoms with Crippen molar-refractivity contribution < 1.29 is 14.6 Å². The van der Waals surface area contributed by atoms with Crippen LogP contribution in [0.25, 0.3) is 0 Å². The molecule has 0 spiro atoms. The lowest BCUT2D eigenvalue weighted by Crippen LogP contribution is -2.47. The Hall–Kier alpha value is -0.120. The Labute approximate surface area is 93.8 Å². The molecule has 0 radical (unpaired) electrons. The number of hydrogen-bond donors (Lipinski definition) is 1. The molecule has 0 rings (SSSR count). The predicted molar refractivity (Wildman–Crippen MR) is 62.0 cm³/mol. The zero-order chi connectivity index (χ0) is 11.9. The molecule has 0 saturated carbocycles. The Morgan fingerprint density at radius 1 is 1.13 bits per heavy atom. The first-order valence-corrected chi connectivity index (χ1v) is 5.96. The van der Waals surface area contributed by atoms with Crippen LogP contribution in [-0.4, -0.2) is 36.1 Å². The molecular weight excluding hydrogens is 192 g/mol. The Morgan fingerprint density at radius 3 is 2.00 bits per heavy atom. The van der Waals surface area contributed by atoms with Gasteiger partial charge in [-0.3, -0.25) is 0 Å². The second-order valence-corrected chi connectivity index (χ2v) is 4.10. The van der Waals surface area contributed by atoms with Crippen LogP contribution in [0.5, 0.6) is 0 Å². The molecule has 3 nitrogen and oxygen atoms in total. The summed E-state index contributed by atoms with van der Waals surface area (Å²) in [5.41, 5.74) is -0.441. The van der Waals surface area contributed by atoms with Gasteiger partial charge >= 0.3 is 0 Å². The van der Waals surface area contributed by atoms with E-state index in [-0.39, 0.29) is 6.10 Å². The van der Waals surface area contributed by atoms with E-state index in [0.29, 0.717) is 13.2 Å². The van der Waals surface area contributed by atoms with Crippen LogP contribution in [0.15, 0.2) is 0 Å². The minimum Gasteiger partial charge on any atom is -0.388 e. The van der Waals surface area contributed by atoms with Crippen molar-refractivity contribution in [1.29, 1.82) is 0 Å². The lowest BCUT2D eigenvalue weighted by atomic mass is 9.90.